The summed E-state index contributed by atoms with van der Waals surface area (Å²) < 4.78 is 0. The van der Waals surface area contributed by atoms with Crippen LogP contribution in [0.25, 0.3) is 10.9 Å². The average molecular weight is 444 g/mol. The zero-order chi connectivity index (χ0) is 21.5. The lowest BCUT2D eigenvalue weighted by atomic mass is 10.1. The number of anilines is 2. The second kappa shape index (κ2) is 11.3. The largest absolute Gasteiger partial charge is 0.383 e. The smallest absolute Gasteiger partial charge is 0.0796 e. The Morgan fingerprint density at radius 2 is 1.65 bits per heavy atom. The number of nitrogens with one attached hydrogen (secondary N) is 1. The molecule has 5 nitrogen and oxygen atoms in total. The molecule has 0 atom stereocenters. The quantitative estimate of drug-likeness (QED) is 0.614. The zero-order valence-electron chi connectivity index (χ0n) is 19.1. The molecule has 1 aromatic carbocycles. The van der Waals surface area contributed by atoms with Gasteiger partial charge < -0.3 is 15.1 Å². The van der Waals surface area contributed by atoms with Crippen molar-refractivity contribution in [1.82, 2.24) is 14.8 Å². The summed E-state index contributed by atoms with van der Waals surface area (Å²) in [6.45, 7) is 12.7. The standard InChI is InChI=1S/C25H38ClN5/c1-2-10-27-25-22-9-8-21(26)19-23(22)28-20-24(25)31-17-15-30(16-18-31)14-7-13-29-11-5-3-4-6-12-29/h8-9,19-20H,2-7,10-18H2,1H3,(H,27,28). The molecule has 0 spiro atoms. The van der Waals surface area contributed by atoms with E-state index in [-0.39, 0.29) is 0 Å². The molecule has 2 aliphatic rings. The first-order valence-electron chi connectivity index (χ1n) is 12.3. The van der Waals surface area contributed by atoms with Crippen molar-refractivity contribution in [1.29, 1.82) is 0 Å². The van der Waals surface area contributed by atoms with Gasteiger partial charge in [0, 0.05) is 43.1 Å². The Hall–Kier alpha value is -1.56. The Morgan fingerprint density at radius 1 is 0.935 bits per heavy atom. The third-order valence-electron chi connectivity index (χ3n) is 6.72. The number of likely N-dealkylation sites (tertiary alicyclic amines) is 1. The number of benzene rings is 1. The molecule has 0 radical (unpaired) electrons. The lowest BCUT2D eigenvalue weighted by Gasteiger charge is -2.37. The Morgan fingerprint density at radius 3 is 2.35 bits per heavy atom. The topological polar surface area (TPSA) is 34.6 Å². The first-order chi connectivity index (χ1) is 15.2. The molecule has 4 rings (SSSR count). The molecular formula is C25H38ClN5. The van der Waals surface area contributed by atoms with Gasteiger partial charge >= 0.3 is 0 Å². The molecule has 0 saturated carbocycles. The minimum absolute atomic E-state index is 0.739. The van der Waals surface area contributed by atoms with Crippen LogP contribution in [0, 0.1) is 0 Å². The van der Waals surface area contributed by atoms with Crippen LogP contribution >= 0.6 is 11.6 Å². The van der Waals surface area contributed by atoms with Gasteiger partial charge in [-0.05, 0) is 70.1 Å². The predicted octanol–water partition coefficient (Wildman–Crippen LogP) is 5.10. The van der Waals surface area contributed by atoms with Gasteiger partial charge in [-0.15, -0.1) is 0 Å². The molecule has 0 unspecified atom stereocenters. The summed E-state index contributed by atoms with van der Waals surface area (Å²) in [6, 6.07) is 6.03. The van der Waals surface area contributed by atoms with Crippen molar-refractivity contribution in [3.05, 3.63) is 29.4 Å². The van der Waals surface area contributed by atoms with Crippen LogP contribution in [0.15, 0.2) is 24.4 Å². The summed E-state index contributed by atoms with van der Waals surface area (Å²) in [6.07, 6.45) is 10.0. The van der Waals surface area contributed by atoms with Gasteiger partial charge in [0.15, 0.2) is 0 Å². The minimum atomic E-state index is 0.739. The van der Waals surface area contributed by atoms with E-state index in [0.29, 0.717) is 0 Å². The van der Waals surface area contributed by atoms with Crippen LogP contribution in [0.5, 0.6) is 0 Å². The molecule has 1 N–H and O–H groups in total. The normalized spacial score (nSPS) is 19.0. The number of piperazine rings is 1. The van der Waals surface area contributed by atoms with Gasteiger partial charge in [0.25, 0.3) is 0 Å². The van der Waals surface area contributed by atoms with Crippen molar-refractivity contribution in [3.63, 3.8) is 0 Å². The summed E-state index contributed by atoms with van der Waals surface area (Å²) in [5.41, 5.74) is 3.40. The highest BCUT2D eigenvalue weighted by molar-refractivity contribution is 6.31. The van der Waals surface area contributed by atoms with E-state index in [1.54, 1.807) is 0 Å². The van der Waals surface area contributed by atoms with Gasteiger partial charge in [0.1, 0.15) is 0 Å². The van der Waals surface area contributed by atoms with Gasteiger partial charge in [0.05, 0.1) is 23.1 Å². The van der Waals surface area contributed by atoms with Crippen molar-refractivity contribution in [3.8, 4) is 0 Å². The monoisotopic (exact) mass is 443 g/mol. The molecule has 0 amide bonds. The highest BCUT2D eigenvalue weighted by Gasteiger charge is 2.21. The second-order valence-electron chi connectivity index (χ2n) is 9.04. The van der Waals surface area contributed by atoms with Crippen LogP contribution in [-0.4, -0.2) is 73.7 Å². The summed E-state index contributed by atoms with van der Waals surface area (Å²) in [7, 11) is 0. The SMILES string of the molecule is CCCNc1c(N2CCN(CCCN3CCCCCC3)CC2)cnc2cc(Cl)ccc12. The lowest BCUT2D eigenvalue weighted by Crippen LogP contribution is -2.47. The summed E-state index contributed by atoms with van der Waals surface area (Å²) >= 11 is 6.20. The summed E-state index contributed by atoms with van der Waals surface area (Å²) in [5, 5.41) is 5.57. The van der Waals surface area contributed by atoms with Gasteiger partial charge in [-0.1, -0.05) is 31.4 Å². The molecule has 0 aliphatic carbocycles. The molecule has 31 heavy (non-hydrogen) atoms. The minimum Gasteiger partial charge on any atom is -0.383 e. The molecule has 2 saturated heterocycles. The number of pyridine rings is 1. The third-order valence-corrected chi connectivity index (χ3v) is 6.96. The fourth-order valence-corrected chi connectivity index (χ4v) is 5.09. The zero-order valence-corrected chi connectivity index (χ0v) is 19.8. The summed E-state index contributed by atoms with van der Waals surface area (Å²) in [4.78, 5) is 12.6. The molecule has 1 aromatic heterocycles. The predicted molar refractivity (Wildman–Crippen MR) is 134 cm³/mol. The molecule has 2 fully saturated rings. The number of nitrogens with zero attached hydrogens (tertiary/aromatic N) is 4. The van der Waals surface area contributed by atoms with Crippen molar-refractivity contribution >= 4 is 33.9 Å². The third kappa shape index (κ3) is 6.03. The van der Waals surface area contributed by atoms with Gasteiger partial charge in [-0.3, -0.25) is 9.88 Å². The van der Waals surface area contributed by atoms with E-state index < -0.39 is 0 Å². The molecule has 3 heterocycles. The Bertz CT molecular complexity index is 826. The highest BCUT2D eigenvalue weighted by atomic mass is 35.5. The van der Waals surface area contributed by atoms with E-state index in [0.717, 1.165) is 55.1 Å². The summed E-state index contributed by atoms with van der Waals surface area (Å²) in [5.74, 6) is 0. The van der Waals surface area contributed by atoms with E-state index in [2.05, 4.69) is 33.0 Å². The molecule has 2 aromatic rings. The van der Waals surface area contributed by atoms with Gasteiger partial charge in [0.2, 0.25) is 0 Å². The second-order valence-corrected chi connectivity index (χ2v) is 9.48. The lowest BCUT2D eigenvalue weighted by molar-refractivity contribution is 0.222. The maximum atomic E-state index is 6.20. The van der Waals surface area contributed by atoms with Crippen molar-refractivity contribution in [2.24, 2.45) is 0 Å². The van der Waals surface area contributed by atoms with E-state index in [9.17, 15) is 0 Å². The Balaban J connectivity index is 1.35. The maximum Gasteiger partial charge on any atom is 0.0796 e. The number of rotatable bonds is 8. The van der Waals surface area contributed by atoms with E-state index in [1.807, 2.05) is 18.3 Å². The average Bonchev–Trinajstić information content (AvgIpc) is 3.07. The highest BCUT2D eigenvalue weighted by Crippen LogP contribution is 2.34. The van der Waals surface area contributed by atoms with Crippen LogP contribution in [-0.2, 0) is 0 Å². The van der Waals surface area contributed by atoms with Gasteiger partial charge in [-0.2, -0.15) is 0 Å². The van der Waals surface area contributed by atoms with Crippen LogP contribution in [0.4, 0.5) is 11.4 Å². The van der Waals surface area contributed by atoms with Crippen molar-refractivity contribution in [2.45, 2.75) is 45.4 Å². The van der Waals surface area contributed by atoms with E-state index in [1.165, 1.54) is 69.7 Å². The Kier molecular flexibility index (Phi) is 8.28. The van der Waals surface area contributed by atoms with Crippen LogP contribution in [0.1, 0.15) is 45.4 Å². The van der Waals surface area contributed by atoms with E-state index >= 15 is 0 Å². The number of hydrogen-bond donors (Lipinski definition) is 1. The maximum absolute atomic E-state index is 6.20. The first kappa shape index (κ1) is 22.6. The molecule has 0 bridgehead atoms. The van der Waals surface area contributed by atoms with Crippen molar-refractivity contribution < 1.29 is 0 Å². The van der Waals surface area contributed by atoms with E-state index in [4.69, 9.17) is 16.6 Å². The molecule has 2 aliphatic heterocycles. The molecular weight excluding hydrogens is 406 g/mol. The van der Waals surface area contributed by atoms with Crippen LogP contribution in [0.3, 0.4) is 0 Å². The van der Waals surface area contributed by atoms with Crippen LogP contribution < -0.4 is 10.2 Å². The number of halogens is 1. The molecule has 6 heteroatoms. The fourth-order valence-electron chi connectivity index (χ4n) is 4.92. The molecule has 170 valence electrons. The number of aromatic nitrogens is 1. The number of hydrogen-bond acceptors (Lipinski definition) is 5. The fraction of sp³-hybridized carbons (Fsp3) is 0.640. The Labute approximate surface area is 192 Å². The van der Waals surface area contributed by atoms with Gasteiger partial charge in [-0.25, -0.2) is 0 Å². The van der Waals surface area contributed by atoms with Crippen molar-refractivity contribution in [2.75, 3.05) is 69.1 Å². The number of fused-ring (bicyclic) bond motifs is 1. The van der Waals surface area contributed by atoms with Crippen LogP contribution in [0.2, 0.25) is 5.02 Å². The first-order valence-corrected chi connectivity index (χ1v) is 12.6.